The van der Waals surface area contributed by atoms with Crippen molar-refractivity contribution in [1.29, 1.82) is 0 Å². The highest BCUT2D eigenvalue weighted by molar-refractivity contribution is 6.05. The maximum Gasteiger partial charge on any atom is 0.143 e. The van der Waals surface area contributed by atoms with Crippen LogP contribution in [0.3, 0.4) is 0 Å². The molecule has 0 amide bonds. The molecular formula is C13H9N3. The van der Waals surface area contributed by atoms with Crippen molar-refractivity contribution in [3.63, 3.8) is 0 Å². The molecule has 4 rings (SSSR count). The van der Waals surface area contributed by atoms with Crippen LogP contribution < -0.4 is 0 Å². The molecule has 1 aromatic carbocycles. The molecule has 0 saturated heterocycles. The lowest BCUT2D eigenvalue weighted by atomic mass is 10.2. The number of nitrogens with one attached hydrogen (secondary N) is 1. The highest BCUT2D eigenvalue weighted by Crippen LogP contribution is 2.25. The van der Waals surface area contributed by atoms with Crippen molar-refractivity contribution >= 4 is 27.7 Å². The first-order valence-corrected chi connectivity index (χ1v) is 5.27. The molecule has 76 valence electrons. The van der Waals surface area contributed by atoms with Crippen molar-refractivity contribution in [2.45, 2.75) is 0 Å². The largest absolute Gasteiger partial charge is 0.339 e. The van der Waals surface area contributed by atoms with E-state index in [9.17, 15) is 0 Å². The van der Waals surface area contributed by atoms with Crippen LogP contribution in [0.4, 0.5) is 0 Å². The lowest BCUT2D eigenvalue weighted by Crippen LogP contribution is -1.82. The number of para-hydroxylation sites is 1. The standard InChI is InChI=1S/C13H9N3/c1-2-6-10-9(5-1)12-13(14-10)16-8-4-3-7-11(16)15-12/h1-8,14H. The van der Waals surface area contributed by atoms with E-state index in [1.54, 1.807) is 0 Å². The molecule has 1 N–H and O–H groups in total. The summed E-state index contributed by atoms with van der Waals surface area (Å²) in [7, 11) is 0. The summed E-state index contributed by atoms with van der Waals surface area (Å²) in [6.45, 7) is 0. The highest BCUT2D eigenvalue weighted by atomic mass is 15.1. The summed E-state index contributed by atoms with van der Waals surface area (Å²) in [4.78, 5) is 8.04. The highest BCUT2D eigenvalue weighted by Gasteiger charge is 2.09. The number of imidazole rings is 1. The number of aromatic amines is 1. The second-order valence-corrected chi connectivity index (χ2v) is 3.91. The zero-order valence-corrected chi connectivity index (χ0v) is 8.51. The molecule has 3 nitrogen and oxygen atoms in total. The molecule has 3 heteroatoms. The third-order valence-electron chi connectivity index (χ3n) is 2.97. The Hall–Kier alpha value is -2.29. The van der Waals surface area contributed by atoms with Crippen LogP contribution in [0.1, 0.15) is 0 Å². The first kappa shape index (κ1) is 7.93. The van der Waals surface area contributed by atoms with Gasteiger partial charge in [-0.2, -0.15) is 0 Å². The average molecular weight is 207 g/mol. The average Bonchev–Trinajstić information content (AvgIpc) is 2.85. The minimum absolute atomic E-state index is 0.981. The number of hydrogen-bond donors (Lipinski definition) is 1. The minimum atomic E-state index is 0.981. The van der Waals surface area contributed by atoms with Gasteiger partial charge in [-0.3, -0.25) is 4.40 Å². The number of nitrogens with zero attached hydrogens (tertiary/aromatic N) is 2. The Kier molecular flexibility index (Phi) is 1.31. The van der Waals surface area contributed by atoms with Crippen LogP contribution in [-0.4, -0.2) is 14.4 Å². The van der Waals surface area contributed by atoms with E-state index in [4.69, 9.17) is 0 Å². The summed E-state index contributed by atoms with van der Waals surface area (Å²) in [5, 5.41) is 1.18. The van der Waals surface area contributed by atoms with Crippen molar-refractivity contribution < 1.29 is 0 Å². The van der Waals surface area contributed by atoms with Gasteiger partial charge in [0, 0.05) is 17.1 Å². The zero-order chi connectivity index (χ0) is 10.5. The quantitative estimate of drug-likeness (QED) is 0.472. The molecule has 0 bridgehead atoms. The van der Waals surface area contributed by atoms with Gasteiger partial charge >= 0.3 is 0 Å². The van der Waals surface area contributed by atoms with Gasteiger partial charge in [0.15, 0.2) is 0 Å². The molecule has 0 aliphatic carbocycles. The van der Waals surface area contributed by atoms with Crippen molar-refractivity contribution in [1.82, 2.24) is 14.4 Å². The number of H-pyrrole nitrogens is 1. The van der Waals surface area contributed by atoms with Gasteiger partial charge in [-0.25, -0.2) is 4.98 Å². The predicted octanol–water partition coefficient (Wildman–Crippen LogP) is 2.97. The van der Waals surface area contributed by atoms with Gasteiger partial charge in [-0.15, -0.1) is 0 Å². The second kappa shape index (κ2) is 2.64. The Labute approximate surface area is 91.3 Å². The summed E-state index contributed by atoms with van der Waals surface area (Å²) in [6.07, 6.45) is 2.03. The Bertz CT molecular complexity index is 738. The summed E-state index contributed by atoms with van der Waals surface area (Å²) in [5.74, 6) is 0. The maximum absolute atomic E-state index is 4.64. The Morgan fingerprint density at radius 1 is 1.00 bits per heavy atom. The molecule has 0 aliphatic rings. The van der Waals surface area contributed by atoms with Crippen LogP contribution in [-0.2, 0) is 0 Å². The Morgan fingerprint density at radius 2 is 1.88 bits per heavy atom. The van der Waals surface area contributed by atoms with Gasteiger partial charge in [0.05, 0.1) is 0 Å². The molecule has 0 saturated carbocycles. The normalized spacial score (nSPS) is 11.8. The number of pyridine rings is 1. The third-order valence-corrected chi connectivity index (χ3v) is 2.97. The van der Waals surface area contributed by atoms with Gasteiger partial charge in [0.1, 0.15) is 16.8 Å². The van der Waals surface area contributed by atoms with Gasteiger partial charge in [-0.1, -0.05) is 24.3 Å². The molecule has 4 aromatic rings. The molecule has 0 spiro atoms. The SMILES string of the molecule is c1ccc2c(c1)[nH]c1c2nc2ccccn21. The van der Waals surface area contributed by atoms with E-state index in [0.717, 1.165) is 22.3 Å². The fraction of sp³-hybridized carbons (Fsp3) is 0. The van der Waals surface area contributed by atoms with Crippen molar-refractivity contribution in [2.75, 3.05) is 0 Å². The second-order valence-electron chi connectivity index (χ2n) is 3.91. The molecule has 0 atom stereocenters. The van der Waals surface area contributed by atoms with Gasteiger partial charge in [0.2, 0.25) is 0 Å². The van der Waals surface area contributed by atoms with E-state index in [1.165, 1.54) is 5.39 Å². The smallest absolute Gasteiger partial charge is 0.143 e. The van der Waals surface area contributed by atoms with Crippen LogP contribution in [0.5, 0.6) is 0 Å². The molecule has 3 heterocycles. The predicted molar refractivity (Wildman–Crippen MR) is 64.6 cm³/mol. The summed E-state index contributed by atoms with van der Waals surface area (Å²) in [6, 6.07) is 14.3. The first-order chi connectivity index (χ1) is 7.93. The van der Waals surface area contributed by atoms with Crippen molar-refractivity contribution in [3.8, 4) is 0 Å². The van der Waals surface area contributed by atoms with Crippen LogP contribution in [0.25, 0.3) is 27.7 Å². The van der Waals surface area contributed by atoms with E-state index in [2.05, 4.69) is 26.5 Å². The number of fused-ring (bicyclic) bond motifs is 5. The van der Waals surface area contributed by atoms with E-state index in [-0.39, 0.29) is 0 Å². The molecule has 0 aliphatic heterocycles. The van der Waals surface area contributed by atoms with Gasteiger partial charge < -0.3 is 4.98 Å². The van der Waals surface area contributed by atoms with Crippen molar-refractivity contribution in [2.24, 2.45) is 0 Å². The summed E-state index contributed by atoms with van der Waals surface area (Å²) < 4.78 is 2.08. The van der Waals surface area contributed by atoms with E-state index in [0.29, 0.717) is 0 Å². The van der Waals surface area contributed by atoms with Crippen LogP contribution >= 0.6 is 0 Å². The fourth-order valence-electron chi connectivity index (χ4n) is 2.23. The number of benzene rings is 1. The van der Waals surface area contributed by atoms with Gasteiger partial charge in [0.25, 0.3) is 0 Å². The molecule has 16 heavy (non-hydrogen) atoms. The Morgan fingerprint density at radius 3 is 2.88 bits per heavy atom. The number of aromatic nitrogens is 3. The van der Waals surface area contributed by atoms with E-state index in [1.807, 2.05) is 36.5 Å². The molecule has 0 unspecified atom stereocenters. The monoisotopic (exact) mass is 207 g/mol. The molecule has 0 fully saturated rings. The Balaban J connectivity index is 2.35. The first-order valence-electron chi connectivity index (χ1n) is 5.27. The summed E-state index contributed by atoms with van der Waals surface area (Å²) in [5.41, 5.74) is 4.23. The number of rotatable bonds is 0. The summed E-state index contributed by atoms with van der Waals surface area (Å²) >= 11 is 0. The van der Waals surface area contributed by atoms with E-state index < -0.39 is 0 Å². The molecule has 3 aromatic heterocycles. The van der Waals surface area contributed by atoms with Crippen LogP contribution in [0.15, 0.2) is 48.7 Å². The maximum atomic E-state index is 4.64. The van der Waals surface area contributed by atoms with E-state index >= 15 is 0 Å². The van der Waals surface area contributed by atoms with Crippen molar-refractivity contribution in [3.05, 3.63) is 48.7 Å². The van der Waals surface area contributed by atoms with Crippen LogP contribution in [0, 0.1) is 0 Å². The molecular weight excluding hydrogens is 198 g/mol. The van der Waals surface area contributed by atoms with Gasteiger partial charge in [-0.05, 0) is 18.2 Å². The zero-order valence-electron chi connectivity index (χ0n) is 8.51. The minimum Gasteiger partial charge on any atom is -0.339 e. The molecule has 0 radical (unpaired) electrons. The fourth-order valence-corrected chi connectivity index (χ4v) is 2.23. The lowest BCUT2D eigenvalue weighted by Gasteiger charge is -1.91. The van der Waals surface area contributed by atoms with Crippen LogP contribution in [0.2, 0.25) is 0 Å². The lowest BCUT2D eigenvalue weighted by molar-refractivity contribution is 1.20. The topological polar surface area (TPSA) is 33.1 Å². The third kappa shape index (κ3) is 0.852. The number of hydrogen-bond acceptors (Lipinski definition) is 1.